The monoisotopic (exact) mass is 272 g/mol. The lowest BCUT2D eigenvalue weighted by atomic mass is 10.0. The van der Waals surface area contributed by atoms with E-state index in [1.807, 2.05) is 0 Å². The molecule has 0 saturated heterocycles. The Labute approximate surface area is 118 Å². The molecular weight excluding hydrogens is 240 g/mol. The van der Waals surface area contributed by atoms with Gasteiger partial charge in [0.1, 0.15) is 6.10 Å². The molecule has 3 nitrogen and oxygen atoms in total. The van der Waals surface area contributed by atoms with Gasteiger partial charge in [0.25, 0.3) is 6.47 Å². The van der Waals surface area contributed by atoms with Crippen LogP contribution in [0.15, 0.2) is 0 Å². The SMILES string of the molecule is CCCCCCCCCCCCC(CCO)OC=O. The summed E-state index contributed by atoms with van der Waals surface area (Å²) < 4.78 is 4.92. The number of hydrogen-bond donors (Lipinski definition) is 1. The third-order valence-electron chi connectivity index (χ3n) is 3.58. The number of carbonyl (C=O) groups is 1. The molecule has 0 heterocycles. The van der Waals surface area contributed by atoms with E-state index in [4.69, 9.17) is 9.84 Å². The summed E-state index contributed by atoms with van der Waals surface area (Å²) in [5.41, 5.74) is 0. The first-order chi connectivity index (χ1) is 9.35. The number of aliphatic hydroxyl groups excluding tert-OH is 1. The van der Waals surface area contributed by atoms with Crippen molar-refractivity contribution in [2.24, 2.45) is 0 Å². The molecule has 0 amide bonds. The molecule has 114 valence electrons. The van der Waals surface area contributed by atoms with E-state index in [2.05, 4.69) is 6.92 Å². The maximum Gasteiger partial charge on any atom is 0.293 e. The first-order valence-electron chi connectivity index (χ1n) is 8.05. The van der Waals surface area contributed by atoms with Crippen molar-refractivity contribution in [1.82, 2.24) is 0 Å². The average molecular weight is 272 g/mol. The Hall–Kier alpha value is -0.570. The lowest BCUT2D eigenvalue weighted by Crippen LogP contribution is -2.13. The Kier molecular flexibility index (Phi) is 15.0. The van der Waals surface area contributed by atoms with E-state index in [9.17, 15) is 4.79 Å². The van der Waals surface area contributed by atoms with Gasteiger partial charge >= 0.3 is 0 Å². The number of unbranched alkanes of at least 4 members (excludes halogenated alkanes) is 9. The summed E-state index contributed by atoms with van der Waals surface area (Å²) in [5, 5.41) is 8.83. The van der Waals surface area contributed by atoms with Crippen molar-refractivity contribution < 1.29 is 14.6 Å². The predicted molar refractivity (Wildman–Crippen MR) is 79.1 cm³/mol. The van der Waals surface area contributed by atoms with E-state index in [-0.39, 0.29) is 12.7 Å². The van der Waals surface area contributed by atoms with Crippen molar-refractivity contribution in [3.8, 4) is 0 Å². The lowest BCUT2D eigenvalue weighted by molar-refractivity contribution is -0.134. The van der Waals surface area contributed by atoms with Gasteiger partial charge in [0.05, 0.1) is 0 Å². The fourth-order valence-corrected chi connectivity index (χ4v) is 2.36. The summed E-state index contributed by atoms with van der Waals surface area (Å²) in [6.07, 6.45) is 14.5. The van der Waals surface area contributed by atoms with Crippen molar-refractivity contribution >= 4 is 6.47 Å². The van der Waals surface area contributed by atoms with Crippen LogP contribution in [-0.4, -0.2) is 24.3 Å². The van der Waals surface area contributed by atoms with Gasteiger partial charge in [-0.3, -0.25) is 4.79 Å². The number of aliphatic hydroxyl groups is 1. The quantitative estimate of drug-likeness (QED) is 0.358. The molecule has 0 rings (SSSR count). The molecule has 3 heteroatoms. The van der Waals surface area contributed by atoms with Gasteiger partial charge in [-0.25, -0.2) is 0 Å². The van der Waals surface area contributed by atoms with Crippen LogP contribution in [0.1, 0.15) is 84.0 Å². The summed E-state index contributed by atoms with van der Waals surface area (Å²) in [4.78, 5) is 10.3. The molecule has 1 unspecified atom stereocenters. The Morgan fingerprint density at radius 3 is 1.89 bits per heavy atom. The van der Waals surface area contributed by atoms with Gasteiger partial charge in [-0.1, -0.05) is 64.7 Å². The molecule has 0 fully saturated rings. The Morgan fingerprint density at radius 2 is 1.42 bits per heavy atom. The van der Waals surface area contributed by atoms with E-state index < -0.39 is 0 Å². The second-order valence-electron chi connectivity index (χ2n) is 5.34. The standard InChI is InChI=1S/C16H32O3/c1-2-3-4-5-6-7-8-9-10-11-12-16(13-14-17)19-15-18/h15-17H,2-14H2,1H3. The van der Waals surface area contributed by atoms with Crippen LogP contribution in [0.3, 0.4) is 0 Å². The fourth-order valence-electron chi connectivity index (χ4n) is 2.36. The Bertz CT molecular complexity index is 183. The zero-order chi connectivity index (χ0) is 14.2. The Balaban J connectivity index is 3.22. The number of rotatable bonds is 15. The molecule has 0 bridgehead atoms. The largest absolute Gasteiger partial charge is 0.464 e. The molecule has 0 aliphatic rings. The second-order valence-corrected chi connectivity index (χ2v) is 5.34. The molecule has 0 spiro atoms. The van der Waals surface area contributed by atoms with E-state index in [0.717, 1.165) is 12.8 Å². The van der Waals surface area contributed by atoms with Crippen molar-refractivity contribution in [2.75, 3.05) is 6.61 Å². The molecule has 0 aliphatic carbocycles. The normalized spacial score (nSPS) is 12.3. The van der Waals surface area contributed by atoms with Crippen LogP contribution in [0, 0.1) is 0 Å². The average Bonchev–Trinajstić information content (AvgIpc) is 2.41. The predicted octanol–water partition coefficient (Wildman–Crippen LogP) is 4.22. The highest BCUT2D eigenvalue weighted by atomic mass is 16.5. The third kappa shape index (κ3) is 13.7. The van der Waals surface area contributed by atoms with Crippen LogP contribution in [-0.2, 0) is 9.53 Å². The highest BCUT2D eigenvalue weighted by molar-refractivity contribution is 5.37. The molecule has 0 aromatic rings. The molecule has 0 radical (unpaired) electrons. The summed E-state index contributed by atoms with van der Waals surface area (Å²) in [6.45, 7) is 2.84. The van der Waals surface area contributed by atoms with Crippen LogP contribution in [0.4, 0.5) is 0 Å². The first kappa shape index (κ1) is 18.4. The van der Waals surface area contributed by atoms with Gasteiger partial charge in [0.2, 0.25) is 0 Å². The van der Waals surface area contributed by atoms with Crippen LogP contribution in [0.2, 0.25) is 0 Å². The second kappa shape index (κ2) is 15.5. The van der Waals surface area contributed by atoms with Gasteiger partial charge in [-0.2, -0.15) is 0 Å². The number of ether oxygens (including phenoxy) is 1. The molecule has 0 saturated carbocycles. The summed E-state index contributed by atoms with van der Waals surface area (Å²) in [6, 6.07) is 0. The highest BCUT2D eigenvalue weighted by Crippen LogP contribution is 2.13. The van der Waals surface area contributed by atoms with Crippen molar-refractivity contribution in [1.29, 1.82) is 0 Å². The molecule has 0 aromatic heterocycles. The van der Waals surface area contributed by atoms with E-state index >= 15 is 0 Å². The lowest BCUT2D eigenvalue weighted by Gasteiger charge is -2.13. The van der Waals surface area contributed by atoms with Crippen LogP contribution < -0.4 is 0 Å². The minimum Gasteiger partial charge on any atom is -0.464 e. The maximum absolute atomic E-state index is 10.3. The van der Waals surface area contributed by atoms with Gasteiger partial charge in [-0.05, 0) is 12.8 Å². The molecule has 19 heavy (non-hydrogen) atoms. The Morgan fingerprint density at radius 1 is 0.895 bits per heavy atom. The molecular formula is C16H32O3. The van der Waals surface area contributed by atoms with Gasteiger partial charge in [0, 0.05) is 13.0 Å². The van der Waals surface area contributed by atoms with Crippen molar-refractivity contribution in [3.05, 3.63) is 0 Å². The number of carbonyl (C=O) groups excluding carboxylic acids is 1. The van der Waals surface area contributed by atoms with E-state index in [1.54, 1.807) is 0 Å². The topological polar surface area (TPSA) is 46.5 Å². The smallest absolute Gasteiger partial charge is 0.293 e. The van der Waals surface area contributed by atoms with Crippen molar-refractivity contribution in [2.45, 2.75) is 90.1 Å². The molecule has 1 atom stereocenters. The summed E-state index contributed by atoms with van der Waals surface area (Å²) in [5.74, 6) is 0. The van der Waals surface area contributed by atoms with Crippen LogP contribution in [0.25, 0.3) is 0 Å². The van der Waals surface area contributed by atoms with Gasteiger partial charge < -0.3 is 9.84 Å². The fraction of sp³-hybridized carbons (Fsp3) is 0.938. The maximum atomic E-state index is 10.3. The van der Waals surface area contributed by atoms with Gasteiger partial charge in [0.15, 0.2) is 0 Å². The van der Waals surface area contributed by atoms with Gasteiger partial charge in [-0.15, -0.1) is 0 Å². The zero-order valence-corrected chi connectivity index (χ0v) is 12.6. The summed E-state index contributed by atoms with van der Waals surface area (Å²) >= 11 is 0. The van der Waals surface area contributed by atoms with E-state index in [1.165, 1.54) is 57.8 Å². The summed E-state index contributed by atoms with van der Waals surface area (Å²) in [7, 11) is 0. The van der Waals surface area contributed by atoms with Crippen molar-refractivity contribution in [3.63, 3.8) is 0 Å². The molecule has 0 aromatic carbocycles. The molecule has 1 N–H and O–H groups in total. The minimum atomic E-state index is -0.0865. The van der Waals surface area contributed by atoms with Crippen LogP contribution >= 0.6 is 0 Å². The van der Waals surface area contributed by atoms with Crippen LogP contribution in [0.5, 0.6) is 0 Å². The number of hydrogen-bond acceptors (Lipinski definition) is 3. The zero-order valence-electron chi connectivity index (χ0n) is 12.6. The minimum absolute atomic E-state index is 0.0865. The first-order valence-corrected chi connectivity index (χ1v) is 8.05. The third-order valence-corrected chi connectivity index (χ3v) is 3.58. The molecule has 0 aliphatic heterocycles. The highest BCUT2D eigenvalue weighted by Gasteiger charge is 2.07. The van der Waals surface area contributed by atoms with E-state index in [0.29, 0.717) is 12.9 Å².